The molecule has 1 aliphatic rings. The van der Waals surface area contributed by atoms with Crippen molar-refractivity contribution in [2.45, 2.75) is 31.5 Å². The quantitative estimate of drug-likeness (QED) is 0.607. The van der Waals surface area contributed by atoms with Crippen molar-refractivity contribution in [2.24, 2.45) is 0 Å². The summed E-state index contributed by atoms with van der Waals surface area (Å²) in [5.41, 5.74) is 0.471. The number of carbonyl (C=O) groups is 1. The van der Waals surface area contributed by atoms with E-state index >= 15 is 0 Å². The lowest BCUT2D eigenvalue weighted by Gasteiger charge is -2.36. The van der Waals surface area contributed by atoms with Crippen molar-refractivity contribution in [1.82, 2.24) is 5.32 Å². The number of anilines is 1. The first-order valence-electron chi connectivity index (χ1n) is 8.19. The van der Waals surface area contributed by atoms with Gasteiger partial charge < -0.3 is 15.4 Å². The maximum Gasteiger partial charge on any atom is 0.407 e. The first-order valence-corrected chi connectivity index (χ1v) is 8.19. The summed E-state index contributed by atoms with van der Waals surface area (Å²) in [5, 5.41) is 16.6. The van der Waals surface area contributed by atoms with Crippen molar-refractivity contribution >= 4 is 17.5 Å². The SMILES string of the molecule is O=C(NC1CC(Nc2c(F)cccc2[N+](=O)[O-])C1)OCc1ccccc1. The van der Waals surface area contributed by atoms with Crippen LogP contribution in [0.25, 0.3) is 0 Å². The standard InChI is InChI=1S/C18H18FN3O4/c19-15-7-4-8-16(22(24)25)17(15)20-13-9-14(10-13)21-18(23)26-11-12-5-2-1-3-6-12/h1-8,13-14,20H,9-11H2,(H,21,23). The van der Waals surface area contributed by atoms with Crippen molar-refractivity contribution in [1.29, 1.82) is 0 Å². The zero-order valence-electron chi connectivity index (χ0n) is 13.9. The van der Waals surface area contributed by atoms with E-state index in [9.17, 15) is 19.3 Å². The minimum atomic E-state index is -0.669. The molecule has 0 heterocycles. The highest BCUT2D eigenvalue weighted by Crippen LogP contribution is 2.32. The lowest BCUT2D eigenvalue weighted by atomic mass is 9.86. The molecule has 0 aliphatic heterocycles. The van der Waals surface area contributed by atoms with E-state index in [1.165, 1.54) is 18.2 Å². The van der Waals surface area contributed by atoms with Crippen molar-refractivity contribution in [3.8, 4) is 0 Å². The molecule has 0 radical (unpaired) electrons. The van der Waals surface area contributed by atoms with Gasteiger partial charge in [0.1, 0.15) is 12.3 Å². The van der Waals surface area contributed by atoms with Gasteiger partial charge in [-0.25, -0.2) is 9.18 Å². The summed E-state index contributed by atoms with van der Waals surface area (Å²) in [6, 6.07) is 12.8. The van der Waals surface area contributed by atoms with E-state index in [2.05, 4.69) is 10.6 Å². The number of hydrogen-bond acceptors (Lipinski definition) is 5. The highest BCUT2D eigenvalue weighted by Gasteiger charge is 2.32. The molecule has 0 unspecified atom stereocenters. The molecule has 136 valence electrons. The number of hydrogen-bond donors (Lipinski definition) is 2. The fourth-order valence-corrected chi connectivity index (χ4v) is 2.80. The largest absolute Gasteiger partial charge is 0.445 e. The molecular weight excluding hydrogens is 341 g/mol. The van der Waals surface area contributed by atoms with Crippen LogP contribution in [-0.4, -0.2) is 23.1 Å². The number of nitrogens with one attached hydrogen (secondary N) is 2. The molecule has 0 bridgehead atoms. The Hall–Kier alpha value is -3.16. The second kappa shape index (κ2) is 7.81. The normalized spacial score (nSPS) is 18.5. The minimum Gasteiger partial charge on any atom is -0.445 e. The first kappa shape index (κ1) is 17.7. The van der Waals surface area contributed by atoms with E-state index in [0.29, 0.717) is 12.8 Å². The summed E-state index contributed by atoms with van der Waals surface area (Å²) in [4.78, 5) is 22.1. The van der Waals surface area contributed by atoms with Crippen LogP contribution >= 0.6 is 0 Å². The molecule has 2 aromatic carbocycles. The van der Waals surface area contributed by atoms with E-state index in [0.717, 1.165) is 5.56 Å². The molecule has 3 rings (SSSR count). The summed E-state index contributed by atoms with van der Waals surface area (Å²) in [5.74, 6) is -0.669. The number of rotatable bonds is 6. The van der Waals surface area contributed by atoms with Gasteiger partial charge in [0.25, 0.3) is 5.69 Å². The van der Waals surface area contributed by atoms with E-state index < -0.39 is 16.8 Å². The summed E-state index contributed by atoms with van der Waals surface area (Å²) in [6.45, 7) is 0.183. The maximum atomic E-state index is 13.8. The van der Waals surface area contributed by atoms with E-state index in [4.69, 9.17) is 4.74 Å². The van der Waals surface area contributed by atoms with Crippen LogP contribution in [0, 0.1) is 15.9 Å². The van der Waals surface area contributed by atoms with E-state index in [1.54, 1.807) is 0 Å². The van der Waals surface area contributed by atoms with E-state index in [1.807, 2.05) is 30.3 Å². The summed E-state index contributed by atoms with van der Waals surface area (Å²) >= 11 is 0. The highest BCUT2D eigenvalue weighted by atomic mass is 19.1. The topological polar surface area (TPSA) is 93.5 Å². The molecule has 0 spiro atoms. The molecular formula is C18H18FN3O4. The number of nitrogens with zero attached hydrogens (tertiary/aromatic N) is 1. The second-order valence-electron chi connectivity index (χ2n) is 6.11. The zero-order valence-corrected chi connectivity index (χ0v) is 13.9. The Morgan fingerprint density at radius 2 is 1.88 bits per heavy atom. The van der Waals surface area contributed by atoms with Gasteiger partial charge in [0, 0.05) is 18.2 Å². The number of carbonyl (C=O) groups excluding carboxylic acids is 1. The number of benzene rings is 2. The molecule has 2 aromatic rings. The molecule has 8 heteroatoms. The molecule has 0 atom stereocenters. The average Bonchev–Trinajstić information content (AvgIpc) is 2.60. The average molecular weight is 359 g/mol. The Balaban J connectivity index is 1.45. The summed E-state index contributed by atoms with van der Waals surface area (Å²) in [6.07, 6.45) is 0.548. The number of alkyl carbamates (subject to hydrolysis) is 1. The molecule has 1 amide bonds. The number of nitro benzene ring substituents is 1. The lowest BCUT2D eigenvalue weighted by molar-refractivity contribution is -0.384. The van der Waals surface area contributed by atoms with Crippen LogP contribution < -0.4 is 10.6 Å². The van der Waals surface area contributed by atoms with Gasteiger partial charge in [0.05, 0.1) is 4.92 Å². The van der Waals surface area contributed by atoms with Crippen molar-refractivity contribution < 1.29 is 18.8 Å². The molecule has 1 saturated carbocycles. The van der Waals surface area contributed by atoms with Gasteiger partial charge in [-0.15, -0.1) is 0 Å². The predicted octanol–water partition coefficient (Wildman–Crippen LogP) is 3.60. The number of amides is 1. The lowest BCUT2D eigenvalue weighted by Crippen LogP contribution is -2.49. The van der Waals surface area contributed by atoms with Crippen LogP contribution in [-0.2, 0) is 11.3 Å². The Labute approximate surface area is 149 Å². The molecule has 7 nitrogen and oxygen atoms in total. The van der Waals surface area contributed by atoms with Gasteiger partial charge in [-0.2, -0.15) is 0 Å². The monoisotopic (exact) mass is 359 g/mol. The number of ether oxygens (including phenoxy) is 1. The highest BCUT2D eigenvalue weighted by molar-refractivity contribution is 5.68. The fraction of sp³-hybridized carbons (Fsp3) is 0.278. The molecule has 0 saturated heterocycles. The van der Waals surface area contributed by atoms with Crippen molar-refractivity contribution in [3.05, 3.63) is 70.0 Å². The third-order valence-corrected chi connectivity index (χ3v) is 4.21. The van der Waals surface area contributed by atoms with Gasteiger partial charge in [-0.3, -0.25) is 10.1 Å². The zero-order chi connectivity index (χ0) is 18.5. The molecule has 1 aliphatic carbocycles. The van der Waals surface area contributed by atoms with Crippen LogP contribution in [0.3, 0.4) is 0 Å². The summed E-state index contributed by atoms with van der Waals surface area (Å²) < 4.78 is 19.0. The van der Waals surface area contributed by atoms with Crippen LogP contribution in [0.5, 0.6) is 0 Å². The second-order valence-corrected chi connectivity index (χ2v) is 6.11. The van der Waals surface area contributed by atoms with Crippen molar-refractivity contribution in [3.63, 3.8) is 0 Å². The van der Waals surface area contributed by atoms with Crippen molar-refractivity contribution in [2.75, 3.05) is 5.32 Å². The van der Waals surface area contributed by atoms with Gasteiger partial charge in [0.2, 0.25) is 0 Å². The Morgan fingerprint density at radius 1 is 1.15 bits per heavy atom. The van der Waals surface area contributed by atoms with Gasteiger partial charge in [-0.1, -0.05) is 36.4 Å². The smallest absolute Gasteiger partial charge is 0.407 e. The minimum absolute atomic E-state index is 0.110. The van der Waals surface area contributed by atoms with E-state index in [-0.39, 0.29) is 30.1 Å². The number of halogens is 1. The van der Waals surface area contributed by atoms with Crippen LogP contribution in [0.1, 0.15) is 18.4 Å². The molecule has 2 N–H and O–H groups in total. The van der Waals surface area contributed by atoms with Crippen LogP contribution in [0.4, 0.5) is 20.6 Å². The predicted molar refractivity (Wildman–Crippen MR) is 93.2 cm³/mol. The van der Waals surface area contributed by atoms with Crippen LogP contribution in [0.15, 0.2) is 48.5 Å². The Kier molecular flexibility index (Phi) is 5.31. The Bertz CT molecular complexity index is 794. The third kappa shape index (κ3) is 4.27. The first-order chi connectivity index (χ1) is 12.5. The maximum absolute atomic E-state index is 13.8. The molecule has 26 heavy (non-hydrogen) atoms. The molecule has 0 aromatic heterocycles. The third-order valence-electron chi connectivity index (χ3n) is 4.21. The Morgan fingerprint density at radius 3 is 2.58 bits per heavy atom. The van der Waals surface area contributed by atoms with Gasteiger partial charge in [0.15, 0.2) is 5.82 Å². The molecule has 1 fully saturated rings. The number of nitro groups is 1. The van der Waals surface area contributed by atoms with Gasteiger partial charge >= 0.3 is 6.09 Å². The van der Waals surface area contributed by atoms with Crippen LogP contribution in [0.2, 0.25) is 0 Å². The summed E-state index contributed by atoms with van der Waals surface area (Å²) in [7, 11) is 0. The number of para-hydroxylation sites is 1. The fourth-order valence-electron chi connectivity index (χ4n) is 2.80. The van der Waals surface area contributed by atoms with Gasteiger partial charge in [-0.05, 0) is 24.5 Å².